The van der Waals surface area contributed by atoms with Crippen LogP contribution in [-0.2, 0) is 0 Å². The molecular formula is C16H14ClN5OS. The van der Waals surface area contributed by atoms with Crippen LogP contribution in [0.15, 0.2) is 36.0 Å². The molecule has 3 aromatic heterocycles. The average molecular weight is 360 g/mol. The highest BCUT2D eigenvalue weighted by molar-refractivity contribution is 7.12. The molecule has 4 rings (SSSR count). The molecule has 0 saturated carbocycles. The van der Waals surface area contributed by atoms with Crippen molar-refractivity contribution in [3.63, 3.8) is 0 Å². The molecule has 0 unspecified atom stereocenters. The van der Waals surface area contributed by atoms with E-state index in [0.717, 1.165) is 21.5 Å². The van der Waals surface area contributed by atoms with Crippen molar-refractivity contribution >= 4 is 45.4 Å². The zero-order valence-electron chi connectivity index (χ0n) is 12.7. The first kappa shape index (κ1) is 15.3. The Balaban J connectivity index is 1.54. The first-order valence-electron chi connectivity index (χ1n) is 7.57. The van der Waals surface area contributed by atoms with Gasteiger partial charge in [0.1, 0.15) is 0 Å². The number of fused-ring (bicyclic) bond motifs is 1. The van der Waals surface area contributed by atoms with Crippen LogP contribution >= 0.6 is 22.9 Å². The number of carbonyl (C=O) groups excluding carboxylic acids is 1. The van der Waals surface area contributed by atoms with E-state index in [1.807, 2.05) is 28.5 Å². The third-order valence-corrected chi connectivity index (χ3v) is 5.25. The molecule has 0 radical (unpaired) electrons. The van der Waals surface area contributed by atoms with Crippen molar-refractivity contribution in [1.29, 1.82) is 0 Å². The standard InChI is InChI=1S/C16H14ClN5OS/c17-14-11-3-4-18-10-12(11)15(20-19-14)21-5-7-22(8-6-21)16(23)13-2-1-9-24-13/h1-4,9-10H,5-8H2. The fourth-order valence-electron chi connectivity index (χ4n) is 2.86. The maximum absolute atomic E-state index is 12.4. The van der Waals surface area contributed by atoms with Gasteiger partial charge < -0.3 is 9.80 Å². The SMILES string of the molecule is O=C(c1cccs1)N1CCN(c2nnc(Cl)c3ccncc23)CC1. The maximum Gasteiger partial charge on any atom is 0.264 e. The Labute approximate surface area is 147 Å². The highest BCUT2D eigenvalue weighted by atomic mass is 35.5. The Morgan fingerprint density at radius 3 is 2.71 bits per heavy atom. The minimum Gasteiger partial charge on any atom is -0.351 e. The van der Waals surface area contributed by atoms with E-state index in [0.29, 0.717) is 31.3 Å². The third-order valence-electron chi connectivity index (χ3n) is 4.12. The summed E-state index contributed by atoms with van der Waals surface area (Å²) in [7, 11) is 0. The number of hydrogen-bond acceptors (Lipinski definition) is 6. The Morgan fingerprint density at radius 1 is 1.12 bits per heavy atom. The van der Waals surface area contributed by atoms with Gasteiger partial charge in [-0.25, -0.2) is 0 Å². The summed E-state index contributed by atoms with van der Waals surface area (Å²) in [6.07, 6.45) is 3.45. The largest absolute Gasteiger partial charge is 0.351 e. The van der Waals surface area contributed by atoms with Crippen molar-refractivity contribution in [2.45, 2.75) is 0 Å². The summed E-state index contributed by atoms with van der Waals surface area (Å²) in [5.74, 6) is 0.865. The van der Waals surface area contributed by atoms with Gasteiger partial charge in [0.2, 0.25) is 0 Å². The summed E-state index contributed by atoms with van der Waals surface area (Å²) in [6.45, 7) is 2.72. The van der Waals surface area contributed by atoms with Crippen LogP contribution in [0.2, 0.25) is 5.15 Å². The lowest BCUT2D eigenvalue weighted by molar-refractivity contribution is 0.0751. The lowest BCUT2D eigenvalue weighted by Gasteiger charge is -2.35. The molecule has 0 N–H and O–H groups in total. The van der Waals surface area contributed by atoms with Crippen molar-refractivity contribution in [1.82, 2.24) is 20.1 Å². The Hall–Kier alpha value is -2.25. The van der Waals surface area contributed by atoms with Crippen LogP contribution in [0.3, 0.4) is 0 Å². The Morgan fingerprint density at radius 2 is 1.96 bits per heavy atom. The number of hydrogen-bond donors (Lipinski definition) is 0. The van der Waals surface area contributed by atoms with Gasteiger partial charge in [0.15, 0.2) is 11.0 Å². The second-order valence-electron chi connectivity index (χ2n) is 5.49. The molecule has 1 aliphatic rings. The summed E-state index contributed by atoms with van der Waals surface area (Å²) in [5.41, 5.74) is 0. The van der Waals surface area contributed by atoms with Crippen molar-refractivity contribution < 1.29 is 4.79 Å². The molecular weight excluding hydrogens is 346 g/mol. The zero-order valence-corrected chi connectivity index (χ0v) is 14.3. The summed E-state index contributed by atoms with van der Waals surface area (Å²) in [4.78, 5) is 21.4. The molecule has 0 aromatic carbocycles. The minimum absolute atomic E-state index is 0.0957. The van der Waals surface area contributed by atoms with Crippen LogP contribution in [0.5, 0.6) is 0 Å². The lowest BCUT2D eigenvalue weighted by Crippen LogP contribution is -2.49. The predicted octanol–water partition coefficient (Wildman–Crippen LogP) is 2.70. The van der Waals surface area contributed by atoms with Crippen molar-refractivity contribution in [2.75, 3.05) is 31.1 Å². The zero-order chi connectivity index (χ0) is 16.5. The minimum atomic E-state index is 0.0957. The third kappa shape index (κ3) is 2.70. The fraction of sp³-hybridized carbons (Fsp3) is 0.250. The van der Waals surface area contributed by atoms with E-state index in [4.69, 9.17) is 11.6 Å². The second kappa shape index (κ2) is 6.33. The number of rotatable bonds is 2. The average Bonchev–Trinajstić information content (AvgIpc) is 3.17. The highest BCUT2D eigenvalue weighted by Gasteiger charge is 2.24. The normalized spacial score (nSPS) is 15.0. The van der Waals surface area contributed by atoms with Crippen LogP contribution in [0.1, 0.15) is 9.67 Å². The summed E-state index contributed by atoms with van der Waals surface area (Å²) in [6, 6.07) is 5.60. The molecule has 0 atom stereocenters. The molecule has 122 valence electrons. The van der Waals surface area contributed by atoms with Gasteiger partial charge in [-0.15, -0.1) is 21.5 Å². The molecule has 1 amide bonds. The van der Waals surface area contributed by atoms with Gasteiger partial charge in [-0.05, 0) is 17.5 Å². The van der Waals surface area contributed by atoms with Crippen molar-refractivity contribution in [3.8, 4) is 0 Å². The number of piperazine rings is 1. The molecule has 1 saturated heterocycles. The van der Waals surface area contributed by atoms with E-state index in [2.05, 4.69) is 20.1 Å². The molecule has 6 nitrogen and oxygen atoms in total. The van der Waals surface area contributed by atoms with Gasteiger partial charge in [-0.2, -0.15) is 0 Å². The molecule has 1 aliphatic heterocycles. The second-order valence-corrected chi connectivity index (χ2v) is 6.80. The maximum atomic E-state index is 12.4. The quantitative estimate of drug-likeness (QED) is 0.704. The van der Waals surface area contributed by atoms with E-state index >= 15 is 0 Å². The first-order valence-corrected chi connectivity index (χ1v) is 8.83. The van der Waals surface area contributed by atoms with E-state index < -0.39 is 0 Å². The number of nitrogens with zero attached hydrogens (tertiary/aromatic N) is 5. The number of aromatic nitrogens is 3. The van der Waals surface area contributed by atoms with Gasteiger partial charge in [0.25, 0.3) is 5.91 Å². The number of thiophene rings is 1. The van der Waals surface area contributed by atoms with Gasteiger partial charge >= 0.3 is 0 Å². The molecule has 0 spiro atoms. The molecule has 4 heterocycles. The van der Waals surface area contributed by atoms with Crippen LogP contribution in [0, 0.1) is 0 Å². The number of halogens is 1. The number of anilines is 1. The van der Waals surface area contributed by atoms with E-state index in [1.54, 1.807) is 12.4 Å². The number of amides is 1. The van der Waals surface area contributed by atoms with Crippen LogP contribution in [-0.4, -0.2) is 52.2 Å². The Kier molecular flexibility index (Phi) is 4.03. The van der Waals surface area contributed by atoms with E-state index in [9.17, 15) is 4.79 Å². The molecule has 0 bridgehead atoms. The highest BCUT2D eigenvalue weighted by Crippen LogP contribution is 2.28. The predicted molar refractivity (Wildman–Crippen MR) is 94.8 cm³/mol. The monoisotopic (exact) mass is 359 g/mol. The fourth-order valence-corrected chi connectivity index (χ4v) is 3.76. The number of carbonyl (C=O) groups is 1. The van der Waals surface area contributed by atoms with Gasteiger partial charge in [-0.1, -0.05) is 17.7 Å². The lowest BCUT2D eigenvalue weighted by atomic mass is 10.2. The number of pyridine rings is 1. The molecule has 1 fully saturated rings. The summed E-state index contributed by atoms with van der Waals surface area (Å²) in [5, 5.41) is 12.3. The van der Waals surface area contributed by atoms with Crippen LogP contribution in [0.4, 0.5) is 5.82 Å². The first-order chi connectivity index (χ1) is 11.7. The van der Waals surface area contributed by atoms with Crippen LogP contribution < -0.4 is 4.90 Å². The summed E-state index contributed by atoms with van der Waals surface area (Å²) < 4.78 is 0. The molecule has 24 heavy (non-hydrogen) atoms. The molecule has 8 heteroatoms. The smallest absolute Gasteiger partial charge is 0.264 e. The van der Waals surface area contributed by atoms with Gasteiger partial charge in [-0.3, -0.25) is 9.78 Å². The van der Waals surface area contributed by atoms with Crippen molar-refractivity contribution in [2.24, 2.45) is 0 Å². The van der Waals surface area contributed by atoms with Crippen LogP contribution in [0.25, 0.3) is 10.8 Å². The topological polar surface area (TPSA) is 62.2 Å². The van der Waals surface area contributed by atoms with Gasteiger partial charge in [0, 0.05) is 49.3 Å². The van der Waals surface area contributed by atoms with E-state index in [1.165, 1.54) is 11.3 Å². The van der Waals surface area contributed by atoms with E-state index in [-0.39, 0.29) is 5.91 Å². The van der Waals surface area contributed by atoms with Crippen molar-refractivity contribution in [3.05, 3.63) is 46.0 Å². The molecule has 3 aromatic rings. The molecule has 0 aliphatic carbocycles. The Bertz CT molecular complexity index is 877. The van der Waals surface area contributed by atoms with Gasteiger partial charge in [0.05, 0.1) is 4.88 Å². The summed E-state index contributed by atoms with van der Waals surface area (Å²) >= 11 is 7.59.